The highest BCUT2D eigenvalue weighted by atomic mass is 79.9. The van der Waals surface area contributed by atoms with Crippen molar-refractivity contribution < 1.29 is 0 Å². The quantitative estimate of drug-likeness (QED) is 0.858. The van der Waals surface area contributed by atoms with Crippen LogP contribution in [0.4, 0.5) is 0 Å². The van der Waals surface area contributed by atoms with Crippen LogP contribution in [0.1, 0.15) is 23.9 Å². The Hall–Kier alpha value is -0.880. The minimum atomic E-state index is 0. The molecular weight excluding hydrogens is 376 g/mol. The first-order valence-corrected chi connectivity index (χ1v) is 8.60. The van der Waals surface area contributed by atoms with Gasteiger partial charge in [-0.25, -0.2) is 4.68 Å². The molecule has 0 unspecified atom stereocenters. The van der Waals surface area contributed by atoms with Gasteiger partial charge in [0.05, 0.1) is 11.4 Å². The standard InChI is InChI=1S/C17H23BrN4.ClH/c1-12-10-21(9-8-19-12)11-17-13(2)20-22(14(17)3)16-6-4-15(18)5-7-16;/h4-7,12,19H,8-11H2,1-3H3;1H/t12-;/m1./s1. The molecule has 23 heavy (non-hydrogen) atoms. The van der Waals surface area contributed by atoms with Gasteiger partial charge in [0.15, 0.2) is 0 Å². The second-order valence-corrected chi connectivity index (χ2v) is 7.04. The van der Waals surface area contributed by atoms with Crippen molar-refractivity contribution in [1.29, 1.82) is 0 Å². The Balaban J connectivity index is 0.00000192. The van der Waals surface area contributed by atoms with Gasteiger partial charge >= 0.3 is 0 Å². The lowest BCUT2D eigenvalue weighted by atomic mass is 10.1. The van der Waals surface area contributed by atoms with Gasteiger partial charge in [0.2, 0.25) is 0 Å². The van der Waals surface area contributed by atoms with Crippen LogP contribution in [0.25, 0.3) is 5.69 Å². The molecule has 0 spiro atoms. The van der Waals surface area contributed by atoms with E-state index in [1.54, 1.807) is 0 Å². The van der Waals surface area contributed by atoms with E-state index in [4.69, 9.17) is 5.10 Å². The van der Waals surface area contributed by atoms with E-state index in [0.717, 1.165) is 42.0 Å². The molecule has 4 nitrogen and oxygen atoms in total. The molecule has 2 heterocycles. The van der Waals surface area contributed by atoms with Crippen LogP contribution in [-0.2, 0) is 6.54 Å². The van der Waals surface area contributed by atoms with Crippen molar-refractivity contribution in [2.45, 2.75) is 33.4 Å². The first kappa shape index (κ1) is 18.5. The zero-order chi connectivity index (χ0) is 15.7. The summed E-state index contributed by atoms with van der Waals surface area (Å²) in [6.07, 6.45) is 0. The molecule has 1 aromatic heterocycles. The number of hydrogen-bond acceptors (Lipinski definition) is 3. The van der Waals surface area contributed by atoms with Gasteiger partial charge in [-0.1, -0.05) is 15.9 Å². The number of halogens is 2. The second kappa shape index (κ2) is 7.79. The number of rotatable bonds is 3. The summed E-state index contributed by atoms with van der Waals surface area (Å²) < 4.78 is 3.15. The summed E-state index contributed by atoms with van der Waals surface area (Å²) in [5.41, 5.74) is 4.85. The molecule has 1 aliphatic rings. The lowest BCUT2D eigenvalue weighted by molar-refractivity contribution is 0.199. The molecule has 1 aromatic carbocycles. The van der Waals surface area contributed by atoms with E-state index in [2.05, 4.69) is 75.9 Å². The largest absolute Gasteiger partial charge is 0.312 e. The Morgan fingerprint density at radius 3 is 2.61 bits per heavy atom. The van der Waals surface area contributed by atoms with E-state index in [-0.39, 0.29) is 12.4 Å². The van der Waals surface area contributed by atoms with Crippen molar-refractivity contribution in [2.24, 2.45) is 0 Å². The van der Waals surface area contributed by atoms with Crippen molar-refractivity contribution in [3.63, 3.8) is 0 Å². The summed E-state index contributed by atoms with van der Waals surface area (Å²) in [6, 6.07) is 8.88. The Morgan fingerprint density at radius 2 is 1.96 bits per heavy atom. The van der Waals surface area contributed by atoms with Gasteiger partial charge in [0.1, 0.15) is 0 Å². The van der Waals surface area contributed by atoms with Crippen LogP contribution in [0.3, 0.4) is 0 Å². The molecule has 1 saturated heterocycles. The first-order valence-electron chi connectivity index (χ1n) is 7.81. The Labute approximate surface area is 152 Å². The van der Waals surface area contributed by atoms with Crippen molar-refractivity contribution in [3.05, 3.63) is 45.7 Å². The van der Waals surface area contributed by atoms with Crippen LogP contribution in [0.15, 0.2) is 28.7 Å². The SMILES string of the molecule is Cc1nn(-c2ccc(Br)cc2)c(C)c1CN1CCN[C@H](C)C1.Cl. The predicted octanol–water partition coefficient (Wildman–Crippen LogP) is 3.47. The Kier molecular flexibility index (Phi) is 6.26. The first-order chi connectivity index (χ1) is 10.5. The number of nitrogens with one attached hydrogen (secondary N) is 1. The van der Waals surface area contributed by atoms with Crippen molar-refractivity contribution in [1.82, 2.24) is 20.0 Å². The topological polar surface area (TPSA) is 33.1 Å². The van der Waals surface area contributed by atoms with Crippen molar-refractivity contribution in [2.75, 3.05) is 19.6 Å². The number of nitrogens with zero attached hydrogens (tertiary/aromatic N) is 3. The van der Waals surface area contributed by atoms with E-state index in [1.165, 1.54) is 11.3 Å². The van der Waals surface area contributed by atoms with Crippen LogP contribution < -0.4 is 5.32 Å². The minimum Gasteiger partial charge on any atom is -0.312 e. The van der Waals surface area contributed by atoms with E-state index in [0.29, 0.717) is 6.04 Å². The number of aryl methyl sites for hydroxylation is 1. The molecule has 0 amide bonds. The monoisotopic (exact) mass is 398 g/mol. The predicted molar refractivity (Wildman–Crippen MR) is 101 cm³/mol. The Morgan fingerprint density at radius 1 is 1.26 bits per heavy atom. The molecule has 1 N–H and O–H groups in total. The second-order valence-electron chi connectivity index (χ2n) is 6.13. The molecule has 6 heteroatoms. The van der Waals surface area contributed by atoms with Gasteiger partial charge in [-0.15, -0.1) is 12.4 Å². The zero-order valence-corrected chi connectivity index (χ0v) is 16.2. The van der Waals surface area contributed by atoms with Crippen LogP contribution in [-0.4, -0.2) is 40.4 Å². The zero-order valence-electron chi connectivity index (χ0n) is 13.8. The molecule has 0 radical (unpaired) electrons. The number of hydrogen-bond donors (Lipinski definition) is 1. The molecule has 126 valence electrons. The molecule has 3 rings (SSSR count). The molecule has 1 aliphatic heterocycles. The minimum absolute atomic E-state index is 0. The van der Waals surface area contributed by atoms with Crippen molar-refractivity contribution >= 4 is 28.3 Å². The van der Waals surface area contributed by atoms with Crippen molar-refractivity contribution in [3.8, 4) is 5.69 Å². The fourth-order valence-corrected chi connectivity index (χ4v) is 3.38. The average molecular weight is 400 g/mol. The average Bonchev–Trinajstić information content (AvgIpc) is 2.76. The van der Waals surface area contributed by atoms with Gasteiger partial charge < -0.3 is 5.32 Å². The summed E-state index contributed by atoms with van der Waals surface area (Å²) >= 11 is 3.49. The summed E-state index contributed by atoms with van der Waals surface area (Å²) in [5, 5.41) is 8.25. The van der Waals surface area contributed by atoms with Gasteiger partial charge in [-0.05, 0) is 45.0 Å². The lowest BCUT2D eigenvalue weighted by Crippen LogP contribution is -2.48. The van der Waals surface area contributed by atoms with E-state index in [9.17, 15) is 0 Å². The van der Waals surface area contributed by atoms with Gasteiger partial charge in [-0.2, -0.15) is 5.10 Å². The summed E-state index contributed by atoms with van der Waals surface area (Å²) in [7, 11) is 0. The number of aromatic nitrogens is 2. The third-order valence-electron chi connectivity index (χ3n) is 4.35. The van der Waals surface area contributed by atoms with E-state index < -0.39 is 0 Å². The highest BCUT2D eigenvalue weighted by Gasteiger charge is 2.20. The maximum absolute atomic E-state index is 4.75. The van der Waals surface area contributed by atoms with Gasteiger partial charge in [-0.3, -0.25) is 4.90 Å². The number of benzene rings is 1. The van der Waals surface area contributed by atoms with E-state index >= 15 is 0 Å². The highest BCUT2D eigenvalue weighted by molar-refractivity contribution is 9.10. The van der Waals surface area contributed by atoms with Crippen LogP contribution in [0, 0.1) is 13.8 Å². The fourth-order valence-electron chi connectivity index (χ4n) is 3.12. The summed E-state index contributed by atoms with van der Waals surface area (Å²) in [4.78, 5) is 2.52. The molecule has 2 aromatic rings. The highest BCUT2D eigenvalue weighted by Crippen LogP contribution is 2.21. The Bertz CT molecular complexity index is 653. The molecule has 0 bridgehead atoms. The van der Waals surface area contributed by atoms with Crippen LogP contribution in [0.5, 0.6) is 0 Å². The molecule has 1 fully saturated rings. The maximum atomic E-state index is 4.75. The maximum Gasteiger partial charge on any atom is 0.0649 e. The molecule has 0 saturated carbocycles. The lowest BCUT2D eigenvalue weighted by Gasteiger charge is -2.31. The normalized spacial score (nSPS) is 18.7. The molecule has 0 aliphatic carbocycles. The molecular formula is C17H24BrClN4. The smallest absolute Gasteiger partial charge is 0.0649 e. The number of piperazine rings is 1. The third-order valence-corrected chi connectivity index (χ3v) is 4.88. The summed E-state index contributed by atoms with van der Waals surface area (Å²) in [6.45, 7) is 10.8. The van der Waals surface area contributed by atoms with E-state index in [1.807, 2.05) is 0 Å². The van der Waals surface area contributed by atoms with Crippen LogP contribution >= 0.6 is 28.3 Å². The third kappa shape index (κ3) is 4.15. The fraction of sp³-hybridized carbons (Fsp3) is 0.471. The van der Waals surface area contributed by atoms with Gasteiger partial charge in [0.25, 0.3) is 0 Å². The van der Waals surface area contributed by atoms with Gasteiger partial charge in [0, 0.05) is 48.0 Å². The molecule has 1 atom stereocenters. The van der Waals surface area contributed by atoms with Crippen LogP contribution in [0.2, 0.25) is 0 Å². The summed E-state index contributed by atoms with van der Waals surface area (Å²) in [5.74, 6) is 0.